The van der Waals surface area contributed by atoms with Gasteiger partial charge in [0.1, 0.15) is 11.7 Å². The summed E-state index contributed by atoms with van der Waals surface area (Å²) in [7, 11) is 1.63. The Bertz CT molecular complexity index is 1590. The Morgan fingerprint density at radius 2 is 1.85 bits per heavy atom. The molecule has 0 N–H and O–H groups in total. The molecule has 5 aliphatic rings. The van der Waals surface area contributed by atoms with Crippen molar-refractivity contribution in [2.24, 2.45) is 11.8 Å². The van der Waals surface area contributed by atoms with E-state index in [4.69, 9.17) is 14.2 Å². The molecule has 2 aliphatic heterocycles. The molecule has 0 radical (unpaired) electrons. The molecule has 2 unspecified atom stereocenters. The molecule has 3 aliphatic carbocycles. The minimum atomic E-state index is -4.43. The Balaban J connectivity index is 1.29. The van der Waals surface area contributed by atoms with Crippen LogP contribution in [0.2, 0.25) is 0 Å². The van der Waals surface area contributed by atoms with Crippen molar-refractivity contribution in [3.63, 3.8) is 0 Å². The number of carbonyl (C=O) groups is 2. The van der Waals surface area contributed by atoms with Gasteiger partial charge in [-0.3, -0.25) is 14.5 Å². The number of hydrogen-bond donors (Lipinski definition) is 0. The minimum absolute atomic E-state index is 0.00605. The molecule has 1 saturated heterocycles. The van der Waals surface area contributed by atoms with Crippen molar-refractivity contribution in [2.45, 2.75) is 94.7 Å². The fourth-order valence-corrected chi connectivity index (χ4v) is 9.19. The average Bonchev–Trinajstić information content (AvgIpc) is 3.77. The maximum absolute atomic E-state index is 14.1. The molecule has 7 rings (SSSR count). The van der Waals surface area contributed by atoms with Crippen LogP contribution in [-0.4, -0.2) is 72.2 Å². The van der Waals surface area contributed by atoms with Crippen molar-refractivity contribution in [1.29, 1.82) is 0 Å². The molecule has 2 aromatic carbocycles. The van der Waals surface area contributed by atoms with Gasteiger partial charge in [0.05, 0.1) is 30.2 Å². The summed E-state index contributed by atoms with van der Waals surface area (Å²) in [5.41, 5.74) is 0.524. The predicted octanol–water partition coefficient (Wildman–Crippen LogP) is 6.42. The maximum Gasteiger partial charge on any atom is 0.416 e. The first kappa shape index (κ1) is 32.0. The van der Waals surface area contributed by atoms with Gasteiger partial charge in [0.15, 0.2) is 11.5 Å². The van der Waals surface area contributed by atoms with E-state index in [2.05, 4.69) is 24.8 Å². The zero-order valence-corrected chi connectivity index (χ0v) is 27.4. The van der Waals surface area contributed by atoms with Gasteiger partial charge in [0.2, 0.25) is 5.91 Å². The quantitative estimate of drug-likeness (QED) is 0.230. The van der Waals surface area contributed by atoms with Crippen LogP contribution in [0.15, 0.2) is 42.5 Å². The summed E-state index contributed by atoms with van der Waals surface area (Å²) in [6.45, 7) is 7.91. The highest BCUT2D eigenvalue weighted by atomic mass is 19.4. The Kier molecular flexibility index (Phi) is 7.88. The lowest BCUT2D eigenvalue weighted by molar-refractivity contribution is -0.224. The Morgan fingerprint density at radius 3 is 2.49 bits per heavy atom. The predicted molar refractivity (Wildman–Crippen MR) is 170 cm³/mol. The van der Waals surface area contributed by atoms with Crippen LogP contribution in [0.3, 0.4) is 0 Å². The molecule has 1 amide bonds. The zero-order chi connectivity index (χ0) is 33.3. The van der Waals surface area contributed by atoms with Crippen LogP contribution in [-0.2, 0) is 32.3 Å². The van der Waals surface area contributed by atoms with E-state index in [1.807, 2.05) is 11.0 Å². The summed E-state index contributed by atoms with van der Waals surface area (Å²) in [5, 5.41) is 0. The number of carbonyl (C=O) groups excluding carboxylic acids is 2. The van der Waals surface area contributed by atoms with Crippen LogP contribution in [0.4, 0.5) is 13.2 Å². The van der Waals surface area contributed by atoms with Crippen LogP contribution in [0.5, 0.6) is 11.5 Å². The van der Waals surface area contributed by atoms with E-state index in [9.17, 15) is 22.8 Å². The van der Waals surface area contributed by atoms with E-state index in [1.54, 1.807) is 13.2 Å². The summed E-state index contributed by atoms with van der Waals surface area (Å²) >= 11 is 0. The van der Waals surface area contributed by atoms with E-state index in [0.717, 1.165) is 43.6 Å². The highest BCUT2D eigenvalue weighted by Crippen LogP contribution is 2.67. The number of esters is 1. The number of rotatable bonds is 9. The lowest BCUT2D eigenvalue weighted by atomic mass is 9.48. The fourth-order valence-electron chi connectivity index (χ4n) is 9.19. The monoisotopic (exact) mass is 652 g/mol. The second-order valence-electron chi connectivity index (χ2n) is 14.5. The average molecular weight is 653 g/mol. The first-order chi connectivity index (χ1) is 22.4. The lowest BCUT2D eigenvalue weighted by Crippen LogP contribution is -2.79. The van der Waals surface area contributed by atoms with Crippen LogP contribution in [0.25, 0.3) is 6.08 Å². The topological polar surface area (TPSA) is 68.3 Å². The minimum Gasteiger partial charge on any atom is -0.493 e. The summed E-state index contributed by atoms with van der Waals surface area (Å²) in [6, 6.07) is 8.54. The van der Waals surface area contributed by atoms with E-state index in [0.29, 0.717) is 42.4 Å². The van der Waals surface area contributed by atoms with Gasteiger partial charge in [-0.25, -0.2) is 0 Å². The van der Waals surface area contributed by atoms with Gasteiger partial charge in [0, 0.05) is 31.7 Å². The number of benzene rings is 2. The highest BCUT2D eigenvalue weighted by molar-refractivity contribution is 5.92. The van der Waals surface area contributed by atoms with Gasteiger partial charge in [-0.1, -0.05) is 32.0 Å². The summed E-state index contributed by atoms with van der Waals surface area (Å²) in [4.78, 5) is 31.6. The van der Waals surface area contributed by atoms with Crippen molar-refractivity contribution in [3.8, 4) is 11.5 Å². The van der Waals surface area contributed by atoms with Gasteiger partial charge >= 0.3 is 12.1 Å². The number of methoxy groups -OCH3 is 1. The second kappa shape index (κ2) is 11.6. The first-order valence-electron chi connectivity index (χ1n) is 16.8. The third kappa shape index (κ3) is 5.22. The zero-order valence-electron chi connectivity index (χ0n) is 27.4. The molecule has 47 heavy (non-hydrogen) atoms. The van der Waals surface area contributed by atoms with Crippen molar-refractivity contribution in [1.82, 2.24) is 9.80 Å². The van der Waals surface area contributed by atoms with Gasteiger partial charge in [-0.2, -0.15) is 13.2 Å². The molecule has 2 bridgehead atoms. The van der Waals surface area contributed by atoms with Gasteiger partial charge in [-0.05, 0) is 92.3 Å². The molecule has 10 heteroatoms. The van der Waals surface area contributed by atoms with Gasteiger partial charge < -0.3 is 19.1 Å². The van der Waals surface area contributed by atoms with Crippen molar-refractivity contribution >= 4 is 18.0 Å². The number of alkyl halides is 3. The van der Waals surface area contributed by atoms with E-state index in [1.165, 1.54) is 43.5 Å². The van der Waals surface area contributed by atoms with Gasteiger partial charge in [0.25, 0.3) is 0 Å². The molecule has 0 aromatic heterocycles. The number of halogens is 3. The molecule has 2 heterocycles. The molecule has 1 spiro atoms. The third-order valence-electron chi connectivity index (χ3n) is 11.1. The number of hydrogen-bond acceptors (Lipinski definition) is 6. The summed E-state index contributed by atoms with van der Waals surface area (Å²) in [6.07, 6.45) is 3.21. The summed E-state index contributed by atoms with van der Waals surface area (Å²) < 4.78 is 58.8. The standard InChI is InChI=1S/C37H43F3N2O5/c1-22(2)20-42(31(44)14-9-24-7-11-27(12-8-24)37(38,39)40)28-15-16-36(47-23(3)43)30-19-26-10-13-29(45-4)33-32(26)35(36,34(28)46-33)17-18-41(30)21-25-5-6-25/h7-14,22,25,28,30,34H,5-6,15-21H2,1-4H3/b14-9+/t28?,30-,34?,35+,36-/m1/s1. The molecular weight excluding hydrogens is 609 g/mol. The first-order valence-corrected chi connectivity index (χ1v) is 16.8. The van der Waals surface area contributed by atoms with E-state index in [-0.39, 0.29) is 29.9 Å². The second-order valence-corrected chi connectivity index (χ2v) is 14.5. The molecule has 2 saturated carbocycles. The number of likely N-dealkylation sites (tertiary alicyclic amines) is 1. The summed E-state index contributed by atoms with van der Waals surface area (Å²) in [5.74, 6) is 1.59. The van der Waals surface area contributed by atoms with Crippen molar-refractivity contribution in [2.75, 3.05) is 26.7 Å². The molecular formula is C37H43F3N2O5. The van der Waals surface area contributed by atoms with Crippen LogP contribution < -0.4 is 9.47 Å². The molecule has 2 aromatic rings. The van der Waals surface area contributed by atoms with E-state index < -0.39 is 28.9 Å². The van der Waals surface area contributed by atoms with Crippen molar-refractivity contribution in [3.05, 3.63) is 64.7 Å². The smallest absolute Gasteiger partial charge is 0.416 e. The number of ether oxygens (including phenoxy) is 3. The van der Waals surface area contributed by atoms with Crippen LogP contribution >= 0.6 is 0 Å². The molecule has 5 atom stereocenters. The Labute approximate surface area is 274 Å². The number of piperidine rings is 1. The molecule has 252 valence electrons. The largest absolute Gasteiger partial charge is 0.493 e. The SMILES string of the molecule is COc1ccc2c3c1OC1C(N(CC(C)C)C(=O)/C=C/c4ccc(C(F)(F)F)cc4)CC[C@@]4(OC(C)=O)[C@@H](C2)N(CC2CC2)CC[C@]314. The normalized spacial score (nSPS) is 29.4. The Morgan fingerprint density at radius 1 is 1.11 bits per heavy atom. The maximum atomic E-state index is 14.1. The van der Waals surface area contributed by atoms with Gasteiger partial charge in [-0.15, -0.1) is 0 Å². The number of nitrogens with zero attached hydrogens (tertiary/aromatic N) is 2. The van der Waals surface area contributed by atoms with Crippen LogP contribution in [0, 0.1) is 11.8 Å². The van der Waals surface area contributed by atoms with Crippen molar-refractivity contribution < 1.29 is 37.0 Å². The van der Waals surface area contributed by atoms with E-state index >= 15 is 0 Å². The number of amides is 1. The van der Waals surface area contributed by atoms with Crippen LogP contribution in [0.1, 0.15) is 75.1 Å². The lowest BCUT2D eigenvalue weighted by Gasteiger charge is -2.65. The molecule has 3 fully saturated rings. The highest BCUT2D eigenvalue weighted by Gasteiger charge is 2.76. The molecule has 7 nitrogen and oxygen atoms in total. The fraction of sp³-hybridized carbons (Fsp3) is 0.568. The third-order valence-corrected chi connectivity index (χ3v) is 11.1. The Hall–Kier alpha value is -3.53.